The van der Waals surface area contributed by atoms with E-state index in [-0.39, 0.29) is 11.2 Å². The third-order valence-electron chi connectivity index (χ3n) is 5.03. The topological polar surface area (TPSA) is 72.4 Å². The minimum atomic E-state index is -3.28. The molecule has 0 saturated carbocycles. The molecule has 1 aliphatic heterocycles. The number of ether oxygens (including phenoxy) is 1. The van der Waals surface area contributed by atoms with Gasteiger partial charge in [0.25, 0.3) is 0 Å². The first kappa shape index (κ1) is 20.7. The molecule has 0 spiro atoms. The van der Waals surface area contributed by atoms with Gasteiger partial charge in [-0.25, -0.2) is 12.7 Å². The van der Waals surface area contributed by atoms with Gasteiger partial charge in [0.15, 0.2) is 0 Å². The van der Waals surface area contributed by atoms with Crippen molar-refractivity contribution in [3.05, 3.63) is 53.7 Å². The molecule has 6 nitrogen and oxygen atoms in total. The first-order valence-electron chi connectivity index (χ1n) is 9.73. The van der Waals surface area contributed by atoms with Crippen LogP contribution in [0.1, 0.15) is 44.9 Å². The minimum Gasteiger partial charge on any atom is -0.476 e. The Morgan fingerprint density at radius 1 is 1.04 bits per heavy atom. The van der Waals surface area contributed by atoms with E-state index in [1.807, 2.05) is 42.5 Å². The first-order valence-corrected chi connectivity index (χ1v) is 11.3. The van der Waals surface area contributed by atoms with Crippen LogP contribution in [0.4, 0.5) is 0 Å². The molecule has 0 amide bonds. The van der Waals surface area contributed by atoms with Crippen molar-refractivity contribution in [2.75, 3.05) is 19.7 Å². The smallest absolute Gasteiger partial charge is 0.233 e. The fraction of sp³-hybridized carbons (Fsp3) is 0.524. The van der Waals surface area contributed by atoms with Gasteiger partial charge in [-0.15, -0.1) is 5.10 Å². The Bertz CT molecular complexity index is 854. The number of nitrogens with zero attached hydrogens (tertiary/aromatic N) is 3. The molecular formula is C21H29N3O3S. The fourth-order valence-corrected chi connectivity index (χ4v) is 4.79. The second-order valence-corrected chi connectivity index (χ2v) is 10.4. The molecule has 1 saturated heterocycles. The van der Waals surface area contributed by atoms with Crippen LogP contribution in [0.25, 0.3) is 0 Å². The Morgan fingerprint density at radius 2 is 1.71 bits per heavy atom. The van der Waals surface area contributed by atoms with Gasteiger partial charge < -0.3 is 4.74 Å². The van der Waals surface area contributed by atoms with Gasteiger partial charge in [-0.1, -0.05) is 51.1 Å². The van der Waals surface area contributed by atoms with Gasteiger partial charge >= 0.3 is 0 Å². The van der Waals surface area contributed by atoms with E-state index in [9.17, 15) is 8.42 Å². The van der Waals surface area contributed by atoms with Gasteiger partial charge in [0.2, 0.25) is 15.9 Å². The molecule has 0 radical (unpaired) electrons. The van der Waals surface area contributed by atoms with E-state index in [0.717, 1.165) is 24.1 Å². The second-order valence-electron chi connectivity index (χ2n) is 8.40. The molecule has 28 heavy (non-hydrogen) atoms. The number of rotatable bonds is 6. The van der Waals surface area contributed by atoms with Crippen LogP contribution in [0.2, 0.25) is 0 Å². The molecule has 0 N–H and O–H groups in total. The Balaban J connectivity index is 1.47. The lowest BCUT2D eigenvalue weighted by Gasteiger charge is -2.31. The van der Waals surface area contributed by atoms with Crippen molar-refractivity contribution in [2.45, 2.75) is 44.8 Å². The third-order valence-corrected chi connectivity index (χ3v) is 6.88. The highest BCUT2D eigenvalue weighted by Crippen LogP contribution is 2.23. The Labute approximate surface area is 168 Å². The SMILES string of the molecule is CC(C)(C)c1ccc(OCC2CCN(S(=O)(=O)Cc3ccccc3)CC2)nn1. The molecule has 0 unspecified atom stereocenters. The van der Waals surface area contributed by atoms with Gasteiger partial charge in [0, 0.05) is 24.6 Å². The van der Waals surface area contributed by atoms with E-state index < -0.39 is 10.0 Å². The quantitative estimate of drug-likeness (QED) is 0.739. The summed E-state index contributed by atoms with van der Waals surface area (Å²) < 4.78 is 32.7. The molecule has 2 heterocycles. The predicted molar refractivity (Wildman–Crippen MR) is 110 cm³/mol. The van der Waals surface area contributed by atoms with Crippen molar-refractivity contribution in [2.24, 2.45) is 5.92 Å². The van der Waals surface area contributed by atoms with E-state index in [1.54, 1.807) is 4.31 Å². The van der Waals surface area contributed by atoms with Crippen LogP contribution >= 0.6 is 0 Å². The van der Waals surface area contributed by atoms with Gasteiger partial charge in [-0.2, -0.15) is 5.10 Å². The highest BCUT2D eigenvalue weighted by atomic mass is 32.2. The van der Waals surface area contributed by atoms with Crippen molar-refractivity contribution in [1.29, 1.82) is 0 Å². The zero-order valence-corrected chi connectivity index (χ0v) is 17.7. The van der Waals surface area contributed by atoms with E-state index in [1.165, 1.54) is 0 Å². The Kier molecular flexibility index (Phi) is 6.35. The monoisotopic (exact) mass is 403 g/mol. The molecule has 1 aliphatic rings. The highest BCUT2D eigenvalue weighted by molar-refractivity contribution is 7.88. The molecule has 0 aliphatic carbocycles. The van der Waals surface area contributed by atoms with Crippen molar-refractivity contribution >= 4 is 10.0 Å². The predicted octanol–water partition coefficient (Wildman–Crippen LogP) is 3.39. The average Bonchev–Trinajstić information content (AvgIpc) is 2.67. The van der Waals surface area contributed by atoms with Crippen LogP contribution in [0, 0.1) is 5.92 Å². The normalized spacial score (nSPS) is 16.8. The number of piperidine rings is 1. The van der Waals surface area contributed by atoms with Crippen molar-refractivity contribution in [3.63, 3.8) is 0 Å². The van der Waals surface area contributed by atoms with E-state index in [2.05, 4.69) is 31.0 Å². The van der Waals surface area contributed by atoms with E-state index in [4.69, 9.17) is 4.74 Å². The number of sulfonamides is 1. The molecule has 2 aromatic rings. The molecule has 7 heteroatoms. The lowest BCUT2D eigenvalue weighted by Crippen LogP contribution is -2.40. The maximum atomic E-state index is 12.6. The average molecular weight is 404 g/mol. The zero-order chi connectivity index (χ0) is 20.2. The zero-order valence-electron chi connectivity index (χ0n) is 16.8. The lowest BCUT2D eigenvalue weighted by atomic mass is 9.92. The van der Waals surface area contributed by atoms with Crippen LogP contribution < -0.4 is 4.74 Å². The summed E-state index contributed by atoms with van der Waals surface area (Å²) in [5, 5.41) is 8.39. The highest BCUT2D eigenvalue weighted by Gasteiger charge is 2.28. The second kappa shape index (κ2) is 8.57. The summed E-state index contributed by atoms with van der Waals surface area (Å²) in [6.07, 6.45) is 1.59. The van der Waals surface area contributed by atoms with Crippen molar-refractivity contribution in [1.82, 2.24) is 14.5 Å². The largest absolute Gasteiger partial charge is 0.476 e. The number of hydrogen-bond acceptors (Lipinski definition) is 5. The third kappa shape index (κ3) is 5.52. The Morgan fingerprint density at radius 3 is 2.29 bits per heavy atom. The maximum Gasteiger partial charge on any atom is 0.233 e. The van der Waals surface area contributed by atoms with Crippen LogP contribution in [0.3, 0.4) is 0 Å². The summed E-state index contributed by atoms with van der Waals surface area (Å²) in [5.41, 5.74) is 1.71. The fourth-order valence-electron chi connectivity index (χ4n) is 3.23. The van der Waals surface area contributed by atoms with Gasteiger partial charge in [-0.05, 0) is 30.4 Å². The number of aromatic nitrogens is 2. The summed E-state index contributed by atoms with van der Waals surface area (Å²) in [6.45, 7) is 7.90. The molecule has 1 fully saturated rings. The minimum absolute atomic E-state index is 0.0381. The van der Waals surface area contributed by atoms with Crippen molar-refractivity contribution < 1.29 is 13.2 Å². The van der Waals surface area contributed by atoms with E-state index >= 15 is 0 Å². The Hall–Kier alpha value is -1.99. The van der Waals surface area contributed by atoms with Gasteiger partial charge in [0.05, 0.1) is 18.1 Å². The van der Waals surface area contributed by atoms with E-state index in [0.29, 0.717) is 31.5 Å². The molecule has 1 aromatic carbocycles. The summed E-state index contributed by atoms with van der Waals surface area (Å²) in [6, 6.07) is 13.1. The summed E-state index contributed by atoms with van der Waals surface area (Å²) in [7, 11) is -3.28. The molecule has 152 valence electrons. The molecule has 1 aromatic heterocycles. The number of hydrogen-bond donors (Lipinski definition) is 0. The molecule has 0 atom stereocenters. The molecular weight excluding hydrogens is 374 g/mol. The summed E-state index contributed by atoms with van der Waals surface area (Å²) >= 11 is 0. The summed E-state index contributed by atoms with van der Waals surface area (Å²) in [5.74, 6) is 0.907. The molecule has 0 bridgehead atoms. The lowest BCUT2D eigenvalue weighted by molar-refractivity contribution is 0.179. The van der Waals surface area contributed by atoms with Crippen LogP contribution in [0.15, 0.2) is 42.5 Å². The van der Waals surface area contributed by atoms with Gasteiger partial charge in [0.1, 0.15) is 0 Å². The van der Waals surface area contributed by atoms with Crippen LogP contribution in [-0.4, -0.2) is 42.6 Å². The maximum absolute atomic E-state index is 12.6. The molecule has 3 rings (SSSR count). The van der Waals surface area contributed by atoms with Crippen LogP contribution in [-0.2, 0) is 21.2 Å². The van der Waals surface area contributed by atoms with Crippen molar-refractivity contribution in [3.8, 4) is 5.88 Å². The summed E-state index contributed by atoms with van der Waals surface area (Å²) in [4.78, 5) is 0. The van der Waals surface area contributed by atoms with Crippen LogP contribution in [0.5, 0.6) is 5.88 Å². The van der Waals surface area contributed by atoms with Gasteiger partial charge in [-0.3, -0.25) is 0 Å². The standard InChI is InChI=1S/C21H29N3O3S/c1-21(2,3)19-9-10-20(23-22-19)27-15-17-11-13-24(14-12-17)28(25,26)16-18-7-5-4-6-8-18/h4-10,17H,11-16H2,1-3H3. The first-order chi connectivity index (χ1) is 13.2. The number of benzene rings is 1.